The quantitative estimate of drug-likeness (QED) is 0.376. The highest BCUT2D eigenvalue weighted by atomic mass is 28.2. The van der Waals surface area contributed by atoms with Gasteiger partial charge in [0.1, 0.15) is 0 Å². The molecule has 0 bridgehead atoms. The van der Waals surface area contributed by atoms with Gasteiger partial charge in [-0.25, -0.2) is 0 Å². The first-order chi connectivity index (χ1) is 4.61. The smallest absolute Gasteiger partial charge is 0.0690 e. The lowest BCUT2D eigenvalue weighted by Crippen LogP contribution is -2.38. The first-order valence-electron chi connectivity index (χ1n) is 2.65. The van der Waals surface area contributed by atoms with E-state index in [1.54, 1.807) is 0 Å². The fourth-order valence-corrected chi connectivity index (χ4v) is 1.75. The molecule has 4 heteroatoms. The van der Waals surface area contributed by atoms with Gasteiger partial charge in [0.2, 0.25) is 0 Å². The van der Waals surface area contributed by atoms with Crippen LogP contribution in [0.1, 0.15) is 0 Å². The summed E-state index contributed by atoms with van der Waals surface area (Å²) in [5, 5.41) is 4.12. The van der Waals surface area contributed by atoms with Gasteiger partial charge in [-0.05, 0) is 0 Å². The molecule has 0 saturated heterocycles. The molecule has 0 unspecified atom stereocenters. The van der Waals surface area contributed by atoms with E-state index in [0.717, 1.165) is 20.7 Å². The van der Waals surface area contributed by atoms with Crippen molar-refractivity contribution in [3.05, 3.63) is 12.1 Å². The van der Waals surface area contributed by atoms with Gasteiger partial charge in [-0.3, -0.25) is 0 Å². The SMILES string of the molecule is [Si]c1cc([Si])c([Si])cc1[Si]. The van der Waals surface area contributed by atoms with Crippen LogP contribution in [0.15, 0.2) is 12.1 Å². The lowest BCUT2D eigenvalue weighted by molar-refractivity contribution is 1.98. The van der Waals surface area contributed by atoms with E-state index in [1.165, 1.54) is 0 Å². The van der Waals surface area contributed by atoms with Crippen molar-refractivity contribution in [2.45, 2.75) is 0 Å². The van der Waals surface area contributed by atoms with Gasteiger partial charge < -0.3 is 0 Å². The van der Waals surface area contributed by atoms with Gasteiger partial charge in [0.15, 0.2) is 0 Å². The number of hydrogen-bond donors (Lipinski definition) is 0. The van der Waals surface area contributed by atoms with Crippen LogP contribution in [-0.2, 0) is 0 Å². The Labute approximate surface area is 74.1 Å². The lowest BCUT2D eigenvalue weighted by atomic mass is 10.3. The molecule has 42 valence electrons. The van der Waals surface area contributed by atoms with Crippen LogP contribution in [0.5, 0.6) is 0 Å². The van der Waals surface area contributed by atoms with Crippen LogP contribution >= 0.6 is 0 Å². The third-order valence-electron chi connectivity index (χ3n) is 1.16. The molecule has 0 aliphatic rings. The topological polar surface area (TPSA) is 0 Å². The van der Waals surface area contributed by atoms with Gasteiger partial charge in [0.25, 0.3) is 0 Å². The minimum Gasteiger partial charge on any atom is -0.0690 e. The van der Waals surface area contributed by atoms with Crippen molar-refractivity contribution in [1.29, 1.82) is 0 Å². The largest absolute Gasteiger partial charge is 0.0709 e. The molecule has 0 amide bonds. The van der Waals surface area contributed by atoms with Gasteiger partial charge in [-0.1, -0.05) is 32.9 Å². The second kappa shape index (κ2) is 3.00. The van der Waals surface area contributed by atoms with Gasteiger partial charge in [-0.2, -0.15) is 0 Å². The average Bonchev–Trinajstić information content (AvgIpc) is 1.84. The Kier molecular flexibility index (Phi) is 2.45. The van der Waals surface area contributed by atoms with Crippen LogP contribution in [0.4, 0.5) is 0 Å². The van der Waals surface area contributed by atoms with Gasteiger partial charge >= 0.3 is 0 Å². The van der Waals surface area contributed by atoms with Crippen molar-refractivity contribution < 1.29 is 0 Å². The fraction of sp³-hybridized carbons (Fsp3) is 0. The predicted octanol–water partition coefficient (Wildman–Crippen LogP) is -3.14. The fourth-order valence-electron chi connectivity index (χ4n) is 0.600. The molecular weight excluding hydrogens is 184 g/mol. The minimum absolute atomic E-state index is 1.03. The second-order valence-electron chi connectivity index (χ2n) is 1.94. The van der Waals surface area contributed by atoms with Crippen LogP contribution in [0.25, 0.3) is 0 Å². The highest BCUT2D eigenvalue weighted by molar-refractivity contribution is 6.55. The molecule has 0 aliphatic carbocycles. The van der Waals surface area contributed by atoms with Crippen molar-refractivity contribution >= 4 is 61.7 Å². The molecule has 0 atom stereocenters. The molecule has 1 rings (SSSR count). The summed E-state index contributed by atoms with van der Waals surface area (Å²) < 4.78 is 0. The molecule has 1 aromatic rings. The van der Waals surface area contributed by atoms with E-state index in [1.807, 2.05) is 12.1 Å². The van der Waals surface area contributed by atoms with Crippen molar-refractivity contribution in [2.75, 3.05) is 0 Å². The van der Waals surface area contributed by atoms with E-state index in [2.05, 4.69) is 41.0 Å². The monoisotopic (exact) mass is 186 g/mol. The van der Waals surface area contributed by atoms with Crippen LogP contribution in [-0.4, -0.2) is 41.0 Å². The van der Waals surface area contributed by atoms with Crippen LogP contribution in [0.3, 0.4) is 0 Å². The molecule has 0 N–H and O–H groups in total. The van der Waals surface area contributed by atoms with Crippen molar-refractivity contribution in [3.8, 4) is 0 Å². The Hall–Kier alpha value is 0.0875. The molecule has 0 aliphatic heterocycles. The van der Waals surface area contributed by atoms with E-state index in [4.69, 9.17) is 0 Å². The van der Waals surface area contributed by atoms with Crippen LogP contribution < -0.4 is 20.7 Å². The maximum Gasteiger partial charge on any atom is 0.0709 e. The summed E-state index contributed by atoms with van der Waals surface area (Å²) >= 11 is 0. The summed E-state index contributed by atoms with van der Waals surface area (Å²) in [6.07, 6.45) is 0. The van der Waals surface area contributed by atoms with E-state index in [9.17, 15) is 0 Å². The summed E-state index contributed by atoms with van der Waals surface area (Å²) in [6, 6.07) is 3.94. The molecule has 12 radical (unpaired) electrons. The second-order valence-corrected chi connectivity index (χ2v) is 4.10. The molecule has 1 aromatic carbocycles. The van der Waals surface area contributed by atoms with Crippen molar-refractivity contribution in [2.24, 2.45) is 0 Å². The third kappa shape index (κ3) is 1.57. The summed E-state index contributed by atoms with van der Waals surface area (Å²) in [5.74, 6) is 0. The molecule has 0 aromatic heterocycles. The Morgan fingerprint density at radius 1 is 0.600 bits per heavy atom. The molecule has 0 saturated carbocycles. The van der Waals surface area contributed by atoms with Crippen LogP contribution in [0.2, 0.25) is 0 Å². The number of rotatable bonds is 0. The molecule has 10 heavy (non-hydrogen) atoms. The van der Waals surface area contributed by atoms with Gasteiger partial charge in [0.05, 0.1) is 41.0 Å². The average molecular weight is 186 g/mol. The van der Waals surface area contributed by atoms with E-state index in [-0.39, 0.29) is 0 Å². The maximum atomic E-state index is 3.43. The van der Waals surface area contributed by atoms with Crippen molar-refractivity contribution in [1.82, 2.24) is 0 Å². The predicted molar refractivity (Wildman–Crippen MR) is 48.0 cm³/mol. The van der Waals surface area contributed by atoms with Crippen molar-refractivity contribution in [3.63, 3.8) is 0 Å². The summed E-state index contributed by atoms with van der Waals surface area (Å²) in [4.78, 5) is 0. The zero-order chi connectivity index (χ0) is 7.72. The van der Waals surface area contributed by atoms with Gasteiger partial charge in [0, 0.05) is 0 Å². The molecular formula is C6H2Si4. The van der Waals surface area contributed by atoms with Crippen LogP contribution in [0, 0.1) is 0 Å². The lowest BCUT2D eigenvalue weighted by Gasteiger charge is -2.04. The normalized spacial score (nSPS) is 10.0. The first kappa shape index (κ1) is 8.19. The number of benzene rings is 1. The summed E-state index contributed by atoms with van der Waals surface area (Å²) in [7, 11) is 13.7. The summed E-state index contributed by atoms with van der Waals surface area (Å²) in [5.41, 5.74) is 0. The van der Waals surface area contributed by atoms with Gasteiger partial charge in [-0.15, -0.1) is 0 Å². The summed E-state index contributed by atoms with van der Waals surface area (Å²) in [6.45, 7) is 0. The molecule has 0 fully saturated rings. The first-order valence-corrected chi connectivity index (χ1v) is 4.65. The number of hydrogen-bond acceptors (Lipinski definition) is 0. The Bertz CT molecular complexity index is 206. The highest BCUT2D eigenvalue weighted by Gasteiger charge is 1.95. The highest BCUT2D eigenvalue weighted by Crippen LogP contribution is 1.66. The minimum atomic E-state index is 1.03. The maximum absolute atomic E-state index is 3.43. The molecule has 0 heterocycles. The third-order valence-corrected chi connectivity index (χ3v) is 3.31. The zero-order valence-electron chi connectivity index (χ0n) is 5.15. The van der Waals surface area contributed by atoms with E-state index >= 15 is 0 Å². The Morgan fingerprint density at radius 2 is 0.800 bits per heavy atom. The Balaban J connectivity index is 3.28. The van der Waals surface area contributed by atoms with E-state index in [0.29, 0.717) is 0 Å². The Morgan fingerprint density at radius 3 is 1.00 bits per heavy atom. The standard InChI is InChI=1S/C6H2Si4/c7-3-1-4(8)6(10)2-5(3)9/h1-2H. The zero-order valence-corrected chi connectivity index (χ0v) is 9.15. The molecule has 0 nitrogen and oxygen atoms in total. The molecule has 0 spiro atoms. The van der Waals surface area contributed by atoms with E-state index < -0.39 is 0 Å².